The van der Waals surface area contributed by atoms with Crippen molar-refractivity contribution in [2.24, 2.45) is 5.92 Å². The molecule has 3 heteroatoms. The standard InChI is InChI=1S/C16H27NO2/c1-5-10-19-15-8-6-14(7-9-15)16(18)13(4)17-11-12(2)3/h6-9,12-13,16-18H,5,10-11H2,1-4H3. The van der Waals surface area contributed by atoms with E-state index < -0.39 is 6.10 Å². The maximum atomic E-state index is 10.3. The molecular weight excluding hydrogens is 238 g/mol. The van der Waals surface area contributed by atoms with Crippen LogP contribution in [-0.2, 0) is 0 Å². The highest BCUT2D eigenvalue weighted by Gasteiger charge is 2.16. The average molecular weight is 265 g/mol. The van der Waals surface area contributed by atoms with Gasteiger partial charge < -0.3 is 15.2 Å². The number of aliphatic hydroxyl groups is 1. The molecule has 19 heavy (non-hydrogen) atoms. The Kier molecular flexibility index (Phi) is 6.89. The van der Waals surface area contributed by atoms with Crippen molar-refractivity contribution in [1.29, 1.82) is 0 Å². The number of hydrogen-bond acceptors (Lipinski definition) is 3. The summed E-state index contributed by atoms with van der Waals surface area (Å²) < 4.78 is 5.53. The molecule has 2 N–H and O–H groups in total. The highest BCUT2D eigenvalue weighted by atomic mass is 16.5. The fraction of sp³-hybridized carbons (Fsp3) is 0.625. The molecule has 0 radical (unpaired) electrons. The van der Waals surface area contributed by atoms with E-state index >= 15 is 0 Å². The lowest BCUT2D eigenvalue weighted by Gasteiger charge is -2.22. The zero-order chi connectivity index (χ0) is 14.3. The zero-order valence-corrected chi connectivity index (χ0v) is 12.5. The SMILES string of the molecule is CCCOc1ccc(C(O)C(C)NCC(C)C)cc1. The van der Waals surface area contributed by atoms with Gasteiger partial charge in [0.2, 0.25) is 0 Å². The molecule has 2 atom stereocenters. The summed E-state index contributed by atoms with van der Waals surface area (Å²) in [5.41, 5.74) is 0.924. The smallest absolute Gasteiger partial charge is 0.119 e. The molecule has 0 saturated carbocycles. The van der Waals surface area contributed by atoms with E-state index in [-0.39, 0.29) is 6.04 Å². The lowest BCUT2D eigenvalue weighted by Crippen LogP contribution is -2.34. The molecule has 0 heterocycles. The molecule has 0 aliphatic heterocycles. The van der Waals surface area contributed by atoms with E-state index in [9.17, 15) is 5.11 Å². The number of benzene rings is 1. The molecule has 2 unspecified atom stereocenters. The minimum atomic E-state index is -0.487. The monoisotopic (exact) mass is 265 g/mol. The van der Waals surface area contributed by atoms with E-state index in [0.717, 1.165) is 30.9 Å². The van der Waals surface area contributed by atoms with Crippen LogP contribution in [0.1, 0.15) is 45.8 Å². The van der Waals surface area contributed by atoms with Crippen LogP contribution in [0.2, 0.25) is 0 Å². The summed E-state index contributed by atoms with van der Waals surface area (Å²) in [4.78, 5) is 0. The van der Waals surface area contributed by atoms with Gasteiger partial charge in [0.25, 0.3) is 0 Å². The first-order chi connectivity index (χ1) is 9.04. The first-order valence-electron chi connectivity index (χ1n) is 7.18. The van der Waals surface area contributed by atoms with E-state index in [2.05, 4.69) is 26.1 Å². The van der Waals surface area contributed by atoms with Crippen LogP contribution in [0.25, 0.3) is 0 Å². The Morgan fingerprint density at radius 2 is 1.79 bits per heavy atom. The maximum Gasteiger partial charge on any atom is 0.119 e. The van der Waals surface area contributed by atoms with Crippen LogP contribution in [0.4, 0.5) is 0 Å². The van der Waals surface area contributed by atoms with Gasteiger partial charge in [0.15, 0.2) is 0 Å². The number of aliphatic hydroxyl groups excluding tert-OH is 1. The van der Waals surface area contributed by atoms with E-state index in [1.165, 1.54) is 0 Å². The molecule has 0 aliphatic carbocycles. The highest BCUT2D eigenvalue weighted by molar-refractivity contribution is 5.29. The molecule has 3 nitrogen and oxygen atoms in total. The van der Waals surface area contributed by atoms with Crippen molar-refractivity contribution in [3.05, 3.63) is 29.8 Å². The quantitative estimate of drug-likeness (QED) is 0.758. The second-order valence-electron chi connectivity index (χ2n) is 5.45. The molecule has 0 fully saturated rings. The zero-order valence-electron chi connectivity index (χ0n) is 12.5. The van der Waals surface area contributed by atoms with E-state index in [1.807, 2.05) is 31.2 Å². The second-order valence-corrected chi connectivity index (χ2v) is 5.45. The van der Waals surface area contributed by atoms with Gasteiger partial charge in [-0.25, -0.2) is 0 Å². The predicted molar refractivity (Wildman–Crippen MR) is 79.5 cm³/mol. The predicted octanol–water partition coefficient (Wildman–Crippen LogP) is 3.14. The van der Waals surface area contributed by atoms with E-state index in [4.69, 9.17) is 4.74 Å². The number of hydrogen-bond donors (Lipinski definition) is 2. The average Bonchev–Trinajstić information content (AvgIpc) is 2.42. The minimum absolute atomic E-state index is 0.0461. The van der Waals surface area contributed by atoms with Gasteiger partial charge in [-0.3, -0.25) is 0 Å². The summed E-state index contributed by atoms with van der Waals surface area (Å²) in [6, 6.07) is 7.75. The Morgan fingerprint density at radius 1 is 1.16 bits per heavy atom. The summed E-state index contributed by atoms with van der Waals surface area (Å²) in [5.74, 6) is 1.44. The van der Waals surface area contributed by atoms with Gasteiger partial charge >= 0.3 is 0 Å². The van der Waals surface area contributed by atoms with E-state index in [0.29, 0.717) is 5.92 Å². The molecular formula is C16H27NO2. The third-order valence-electron chi connectivity index (χ3n) is 3.02. The number of rotatable bonds is 8. The van der Waals surface area contributed by atoms with Gasteiger partial charge in [0, 0.05) is 6.04 Å². The first kappa shape index (κ1) is 16.0. The Balaban J connectivity index is 2.54. The van der Waals surface area contributed by atoms with Gasteiger partial charge in [-0.15, -0.1) is 0 Å². The van der Waals surface area contributed by atoms with Gasteiger partial charge in [0.1, 0.15) is 5.75 Å². The lowest BCUT2D eigenvalue weighted by atomic mass is 10.0. The first-order valence-corrected chi connectivity index (χ1v) is 7.18. The van der Waals surface area contributed by atoms with Crippen LogP contribution in [0.3, 0.4) is 0 Å². The van der Waals surface area contributed by atoms with Gasteiger partial charge in [0.05, 0.1) is 12.7 Å². The summed E-state index contributed by atoms with van der Waals surface area (Å²) in [7, 11) is 0. The van der Waals surface area contributed by atoms with Crippen LogP contribution in [-0.4, -0.2) is 24.3 Å². The Morgan fingerprint density at radius 3 is 2.32 bits per heavy atom. The molecule has 1 rings (SSSR count). The lowest BCUT2D eigenvalue weighted by molar-refractivity contribution is 0.134. The number of ether oxygens (including phenoxy) is 1. The Hall–Kier alpha value is -1.06. The van der Waals surface area contributed by atoms with Gasteiger partial charge in [-0.2, -0.15) is 0 Å². The Labute approximate surface area is 117 Å². The van der Waals surface area contributed by atoms with Crippen LogP contribution < -0.4 is 10.1 Å². The largest absolute Gasteiger partial charge is 0.494 e. The molecule has 1 aromatic rings. The number of nitrogens with one attached hydrogen (secondary N) is 1. The van der Waals surface area contributed by atoms with Crippen molar-refractivity contribution in [3.63, 3.8) is 0 Å². The molecule has 0 bridgehead atoms. The highest BCUT2D eigenvalue weighted by Crippen LogP contribution is 2.20. The third-order valence-corrected chi connectivity index (χ3v) is 3.02. The van der Waals surface area contributed by atoms with Crippen molar-refractivity contribution < 1.29 is 9.84 Å². The van der Waals surface area contributed by atoms with Crippen LogP contribution in [0.5, 0.6) is 5.75 Å². The molecule has 0 spiro atoms. The van der Waals surface area contributed by atoms with Crippen molar-refractivity contribution in [1.82, 2.24) is 5.32 Å². The van der Waals surface area contributed by atoms with Gasteiger partial charge in [-0.05, 0) is 43.5 Å². The molecule has 0 amide bonds. The Bertz CT molecular complexity index is 348. The van der Waals surface area contributed by atoms with Crippen molar-refractivity contribution in [2.45, 2.75) is 46.3 Å². The molecule has 0 aliphatic rings. The summed E-state index contributed by atoms with van der Waals surface area (Å²) >= 11 is 0. The van der Waals surface area contributed by atoms with Crippen LogP contribution in [0, 0.1) is 5.92 Å². The van der Waals surface area contributed by atoms with Crippen molar-refractivity contribution in [3.8, 4) is 5.75 Å². The van der Waals surface area contributed by atoms with Crippen LogP contribution >= 0.6 is 0 Å². The maximum absolute atomic E-state index is 10.3. The second kappa shape index (κ2) is 8.18. The summed E-state index contributed by atoms with van der Waals surface area (Å²) in [6.07, 6.45) is 0.513. The summed E-state index contributed by atoms with van der Waals surface area (Å²) in [6.45, 7) is 10.1. The normalized spacial score (nSPS) is 14.4. The molecule has 108 valence electrons. The summed E-state index contributed by atoms with van der Waals surface area (Å²) in [5, 5.41) is 13.6. The fourth-order valence-electron chi connectivity index (χ4n) is 1.80. The van der Waals surface area contributed by atoms with Gasteiger partial charge in [-0.1, -0.05) is 32.9 Å². The third kappa shape index (κ3) is 5.62. The van der Waals surface area contributed by atoms with Crippen molar-refractivity contribution in [2.75, 3.05) is 13.2 Å². The van der Waals surface area contributed by atoms with Crippen molar-refractivity contribution >= 4 is 0 Å². The fourth-order valence-corrected chi connectivity index (χ4v) is 1.80. The van der Waals surface area contributed by atoms with E-state index in [1.54, 1.807) is 0 Å². The molecule has 0 aromatic heterocycles. The van der Waals surface area contributed by atoms with Crippen LogP contribution in [0.15, 0.2) is 24.3 Å². The minimum Gasteiger partial charge on any atom is -0.494 e. The molecule has 0 saturated heterocycles. The molecule has 1 aromatic carbocycles. The topological polar surface area (TPSA) is 41.5 Å².